The van der Waals surface area contributed by atoms with Gasteiger partial charge in [0, 0.05) is 17.8 Å². The van der Waals surface area contributed by atoms with Crippen LogP contribution in [0.4, 0.5) is 22.0 Å². The summed E-state index contributed by atoms with van der Waals surface area (Å²) >= 11 is 6.19. The number of carbonyl (C=O) groups excluding carboxylic acids is 1. The number of amides is 2. The van der Waals surface area contributed by atoms with E-state index in [0.717, 1.165) is 12.8 Å². The van der Waals surface area contributed by atoms with E-state index >= 15 is 0 Å². The highest BCUT2D eigenvalue weighted by Crippen LogP contribution is 2.27. The second kappa shape index (κ2) is 8.42. The highest BCUT2D eigenvalue weighted by Gasteiger charge is 2.23. The van der Waals surface area contributed by atoms with Crippen LogP contribution in [0.25, 0.3) is 0 Å². The average molecular weight is 423 g/mol. The van der Waals surface area contributed by atoms with Gasteiger partial charge in [-0.25, -0.2) is 9.78 Å². The molecule has 1 aliphatic carbocycles. The number of nitrogens with one attached hydrogen (secondary N) is 3. The first-order chi connectivity index (χ1) is 14.5. The van der Waals surface area contributed by atoms with Crippen molar-refractivity contribution in [3.8, 4) is 0 Å². The van der Waals surface area contributed by atoms with Gasteiger partial charge >= 0.3 is 6.09 Å². The minimum atomic E-state index is -1.27. The molecule has 7 nitrogen and oxygen atoms in total. The monoisotopic (exact) mass is 422 g/mol. The number of carboxylic acid groups (broad SMARTS) is 1. The van der Waals surface area contributed by atoms with Crippen LogP contribution in [-0.2, 0) is 12.8 Å². The van der Waals surface area contributed by atoms with Crippen LogP contribution in [0.2, 0.25) is 5.02 Å². The number of anilines is 3. The molecule has 0 bridgehead atoms. The van der Waals surface area contributed by atoms with Gasteiger partial charge in [0.15, 0.2) is 0 Å². The zero-order chi connectivity index (χ0) is 21.1. The maximum atomic E-state index is 12.9. The van der Waals surface area contributed by atoms with Gasteiger partial charge < -0.3 is 15.7 Å². The predicted octanol–water partition coefficient (Wildman–Crippen LogP) is 4.47. The molecule has 2 aromatic carbocycles. The van der Waals surface area contributed by atoms with Crippen molar-refractivity contribution in [2.45, 2.75) is 18.9 Å². The lowest BCUT2D eigenvalue weighted by Crippen LogP contribution is -2.36. The summed E-state index contributed by atoms with van der Waals surface area (Å²) in [5, 5.41) is 17.9. The van der Waals surface area contributed by atoms with Crippen LogP contribution in [0.5, 0.6) is 0 Å². The first-order valence-electron chi connectivity index (χ1n) is 9.39. The smallest absolute Gasteiger partial charge is 0.410 e. The molecule has 4 N–H and O–H groups in total. The van der Waals surface area contributed by atoms with E-state index in [1.807, 2.05) is 18.2 Å². The highest BCUT2D eigenvalue weighted by molar-refractivity contribution is 6.33. The molecule has 4 rings (SSSR count). The maximum Gasteiger partial charge on any atom is 0.410 e. The Hall–Kier alpha value is -3.58. The van der Waals surface area contributed by atoms with Crippen molar-refractivity contribution < 1.29 is 14.7 Å². The van der Waals surface area contributed by atoms with Gasteiger partial charge in [-0.1, -0.05) is 48.0 Å². The lowest BCUT2D eigenvalue weighted by Gasteiger charge is -2.14. The van der Waals surface area contributed by atoms with Crippen molar-refractivity contribution in [1.29, 1.82) is 0 Å². The zero-order valence-corrected chi connectivity index (χ0v) is 16.6. The highest BCUT2D eigenvalue weighted by atomic mass is 35.5. The minimum absolute atomic E-state index is 0.0345. The maximum absolute atomic E-state index is 12.9. The van der Waals surface area contributed by atoms with Gasteiger partial charge in [0.1, 0.15) is 11.5 Å². The number of hydrogen-bond donors (Lipinski definition) is 4. The molecule has 2 amide bonds. The van der Waals surface area contributed by atoms with Gasteiger partial charge in [-0.05, 0) is 42.2 Å². The number of hydrogen-bond acceptors (Lipinski definition) is 4. The molecular weight excluding hydrogens is 404 g/mol. The third-order valence-electron chi connectivity index (χ3n) is 4.83. The molecule has 0 saturated carbocycles. The second-order valence-corrected chi connectivity index (χ2v) is 7.42. The van der Waals surface area contributed by atoms with E-state index < -0.39 is 6.09 Å². The lowest BCUT2D eigenvalue weighted by atomic mass is 10.1. The molecule has 1 aliphatic rings. The molecule has 152 valence electrons. The van der Waals surface area contributed by atoms with Crippen molar-refractivity contribution in [2.24, 2.45) is 0 Å². The molecule has 0 aliphatic heterocycles. The van der Waals surface area contributed by atoms with E-state index in [-0.39, 0.29) is 23.5 Å². The van der Waals surface area contributed by atoms with E-state index in [9.17, 15) is 9.59 Å². The fraction of sp³-hybridized carbons (Fsp3) is 0.136. The van der Waals surface area contributed by atoms with Gasteiger partial charge in [-0.3, -0.25) is 10.1 Å². The van der Waals surface area contributed by atoms with Crippen LogP contribution in [0.1, 0.15) is 21.6 Å². The molecule has 0 fully saturated rings. The van der Waals surface area contributed by atoms with E-state index in [1.54, 1.807) is 24.3 Å². The standard InChI is InChI=1S/C22H19ClN4O3/c23-17-7-3-4-8-18(17)24-16-11-19(26-20(12-16)27-22(29)30)21(28)25-15-9-13-5-1-2-6-14(13)10-15/h1-8,11-12,15H,9-10H2,(H,25,28)(H,29,30)(H2,24,26,27). The molecule has 1 heterocycles. The zero-order valence-electron chi connectivity index (χ0n) is 15.9. The quantitative estimate of drug-likeness (QED) is 0.486. The van der Waals surface area contributed by atoms with Crippen LogP contribution < -0.4 is 16.0 Å². The molecule has 8 heteroatoms. The molecule has 0 spiro atoms. The van der Waals surface area contributed by atoms with Crippen molar-refractivity contribution >= 4 is 40.8 Å². The van der Waals surface area contributed by atoms with Gasteiger partial charge in [0.25, 0.3) is 5.91 Å². The fourth-order valence-corrected chi connectivity index (χ4v) is 3.71. The van der Waals surface area contributed by atoms with Crippen LogP contribution in [0.15, 0.2) is 60.7 Å². The number of carbonyl (C=O) groups is 2. The Morgan fingerprint density at radius 3 is 2.33 bits per heavy atom. The number of aromatic nitrogens is 1. The Labute approximate surface area is 178 Å². The van der Waals surface area contributed by atoms with E-state index in [2.05, 4.69) is 33.1 Å². The number of nitrogens with zero attached hydrogens (tertiary/aromatic N) is 1. The normalized spacial score (nSPS) is 12.8. The van der Waals surface area contributed by atoms with Crippen molar-refractivity contribution in [3.63, 3.8) is 0 Å². The summed E-state index contributed by atoms with van der Waals surface area (Å²) in [6.45, 7) is 0. The van der Waals surface area contributed by atoms with Crippen LogP contribution in [0, 0.1) is 0 Å². The number of rotatable bonds is 5. The van der Waals surface area contributed by atoms with Gasteiger partial charge in [-0.2, -0.15) is 0 Å². The Morgan fingerprint density at radius 2 is 1.67 bits per heavy atom. The summed E-state index contributed by atoms with van der Waals surface area (Å²) in [6.07, 6.45) is 0.231. The number of halogens is 1. The van der Waals surface area contributed by atoms with Gasteiger partial charge in [-0.15, -0.1) is 0 Å². The molecular formula is C22H19ClN4O3. The third-order valence-corrected chi connectivity index (χ3v) is 5.16. The number of fused-ring (bicyclic) bond motifs is 1. The van der Waals surface area contributed by atoms with Crippen LogP contribution in [-0.4, -0.2) is 28.1 Å². The van der Waals surface area contributed by atoms with E-state index in [1.165, 1.54) is 17.2 Å². The first-order valence-corrected chi connectivity index (χ1v) is 9.77. The van der Waals surface area contributed by atoms with Crippen molar-refractivity contribution in [2.75, 3.05) is 10.6 Å². The van der Waals surface area contributed by atoms with Gasteiger partial charge in [0.05, 0.1) is 10.7 Å². The fourth-order valence-electron chi connectivity index (χ4n) is 3.53. The van der Waals surface area contributed by atoms with E-state index in [0.29, 0.717) is 16.4 Å². The molecule has 0 unspecified atom stereocenters. The second-order valence-electron chi connectivity index (χ2n) is 7.01. The van der Waals surface area contributed by atoms with Crippen LogP contribution in [0.3, 0.4) is 0 Å². The van der Waals surface area contributed by atoms with Gasteiger partial charge in [0.2, 0.25) is 0 Å². The summed E-state index contributed by atoms with van der Waals surface area (Å²) in [5.41, 5.74) is 3.66. The summed E-state index contributed by atoms with van der Waals surface area (Å²) < 4.78 is 0. The average Bonchev–Trinajstić information content (AvgIpc) is 3.11. The lowest BCUT2D eigenvalue weighted by molar-refractivity contribution is 0.0933. The molecule has 0 atom stereocenters. The minimum Gasteiger partial charge on any atom is -0.465 e. The number of para-hydroxylation sites is 1. The predicted molar refractivity (Wildman–Crippen MR) is 116 cm³/mol. The molecule has 1 aromatic heterocycles. The Bertz CT molecular complexity index is 1090. The molecule has 3 aromatic rings. The largest absolute Gasteiger partial charge is 0.465 e. The molecule has 0 radical (unpaired) electrons. The number of benzene rings is 2. The molecule has 30 heavy (non-hydrogen) atoms. The summed E-state index contributed by atoms with van der Waals surface area (Å²) in [5.74, 6) is -0.330. The van der Waals surface area contributed by atoms with E-state index in [4.69, 9.17) is 16.7 Å². The Kier molecular flexibility index (Phi) is 5.54. The van der Waals surface area contributed by atoms with Crippen molar-refractivity contribution in [1.82, 2.24) is 10.3 Å². The molecule has 0 saturated heterocycles. The van der Waals surface area contributed by atoms with Crippen molar-refractivity contribution in [3.05, 3.63) is 82.5 Å². The Morgan fingerprint density at radius 1 is 1.00 bits per heavy atom. The first kappa shape index (κ1) is 19.7. The third kappa shape index (κ3) is 4.52. The Balaban J connectivity index is 1.56. The summed E-state index contributed by atoms with van der Waals surface area (Å²) in [4.78, 5) is 28.1. The number of pyridine rings is 1. The summed E-state index contributed by atoms with van der Waals surface area (Å²) in [7, 11) is 0. The van der Waals surface area contributed by atoms with Crippen LogP contribution >= 0.6 is 11.6 Å². The SMILES string of the molecule is O=C(O)Nc1cc(Nc2ccccc2Cl)cc(C(=O)NC2Cc3ccccc3C2)n1. The topological polar surface area (TPSA) is 103 Å². The summed E-state index contributed by atoms with van der Waals surface area (Å²) in [6, 6.07) is 18.2.